The van der Waals surface area contributed by atoms with Crippen LogP contribution in [0, 0.1) is 0 Å². The van der Waals surface area contributed by atoms with Gasteiger partial charge in [0, 0.05) is 18.7 Å². The Morgan fingerprint density at radius 1 is 1.62 bits per heavy atom. The maximum atomic E-state index is 11.3. The van der Waals surface area contributed by atoms with Gasteiger partial charge in [-0.05, 0) is 13.3 Å². The Balaban J connectivity index is 2.55. The molecule has 5 heteroatoms. The molecule has 0 aliphatic rings. The number of nitrogens with one attached hydrogen (secondary N) is 1. The highest BCUT2D eigenvalue weighted by Gasteiger charge is 2.12. The Bertz CT molecular complexity index is 400. The van der Waals surface area contributed by atoms with Crippen LogP contribution in [-0.4, -0.2) is 15.9 Å². The van der Waals surface area contributed by atoms with Gasteiger partial charge in [-0.3, -0.25) is 9.59 Å². The second-order valence-corrected chi connectivity index (χ2v) is 3.55. The number of ether oxygens (including phenoxy) is 1. The summed E-state index contributed by atoms with van der Waals surface area (Å²) in [6.07, 6.45) is 3.04. The van der Waals surface area contributed by atoms with Crippen LogP contribution in [0.25, 0.3) is 0 Å². The number of H-pyrrole nitrogens is 1. The lowest BCUT2D eigenvalue weighted by molar-refractivity contribution is -0.149. The topological polar surface area (TPSA) is 72.0 Å². The molecular weight excluding hydrogens is 208 g/mol. The fraction of sp³-hybridized carbons (Fsp3) is 0.545. The second-order valence-electron chi connectivity index (χ2n) is 3.55. The minimum absolute atomic E-state index is 0.249. The van der Waals surface area contributed by atoms with Crippen LogP contribution in [-0.2, 0) is 9.53 Å². The molecule has 0 amide bonds. The predicted molar refractivity (Wildman–Crippen MR) is 58.9 cm³/mol. The molecular formula is C11H16N2O3. The number of aromatic amines is 1. The second kappa shape index (κ2) is 6.05. The fourth-order valence-electron chi connectivity index (χ4n) is 1.23. The van der Waals surface area contributed by atoms with E-state index in [4.69, 9.17) is 4.74 Å². The minimum atomic E-state index is -0.516. The van der Waals surface area contributed by atoms with Crippen molar-refractivity contribution in [2.45, 2.75) is 39.2 Å². The van der Waals surface area contributed by atoms with E-state index in [-0.39, 0.29) is 11.5 Å². The smallest absolute Gasteiger partial charge is 0.306 e. The van der Waals surface area contributed by atoms with Crippen molar-refractivity contribution in [3.8, 4) is 0 Å². The molecule has 0 spiro atoms. The van der Waals surface area contributed by atoms with Crippen LogP contribution in [0.15, 0.2) is 17.1 Å². The molecule has 16 heavy (non-hydrogen) atoms. The normalized spacial score (nSPS) is 12.1. The Hall–Kier alpha value is -1.65. The maximum Gasteiger partial charge on any atom is 0.306 e. The number of hydrogen-bond acceptors (Lipinski definition) is 4. The molecule has 0 aliphatic heterocycles. The Morgan fingerprint density at radius 3 is 3.00 bits per heavy atom. The molecule has 0 radical (unpaired) electrons. The monoisotopic (exact) mass is 224 g/mol. The first-order valence-electron chi connectivity index (χ1n) is 5.38. The van der Waals surface area contributed by atoms with Crippen molar-refractivity contribution in [3.63, 3.8) is 0 Å². The first-order valence-corrected chi connectivity index (χ1v) is 5.38. The van der Waals surface area contributed by atoms with Gasteiger partial charge in [0.05, 0.1) is 0 Å². The molecule has 1 atom stereocenters. The molecule has 1 N–H and O–H groups in total. The number of rotatable bonds is 5. The molecule has 0 fully saturated rings. The van der Waals surface area contributed by atoms with E-state index in [0.717, 1.165) is 12.8 Å². The van der Waals surface area contributed by atoms with Gasteiger partial charge in [-0.25, -0.2) is 4.98 Å². The van der Waals surface area contributed by atoms with E-state index in [1.165, 1.54) is 12.3 Å². The van der Waals surface area contributed by atoms with Gasteiger partial charge < -0.3 is 9.72 Å². The molecule has 0 unspecified atom stereocenters. The van der Waals surface area contributed by atoms with Crippen LogP contribution in [0.4, 0.5) is 0 Å². The number of hydrogen-bond donors (Lipinski definition) is 1. The first kappa shape index (κ1) is 12.4. The fourth-order valence-corrected chi connectivity index (χ4v) is 1.23. The van der Waals surface area contributed by atoms with Gasteiger partial charge in [0.1, 0.15) is 5.82 Å². The molecule has 88 valence electrons. The molecule has 0 saturated carbocycles. The highest BCUT2D eigenvalue weighted by Crippen LogP contribution is 2.11. The van der Waals surface area contributed by atoms with Gasteiger partial charge in [0.2, 0.25) is 0 Å². The zero-order chi connectivity index (χ0) is 12.0. The van der Waals surface area contributed by atoms with Gasteiger partial charge in [0.25, 0.3) is 5.56 Å². The summed E-state index contributed by atoms with van der Waals surface area (Å²) in [7, 11) is 0. The number of carbonyl (C=O) groups excluding carboxylic acids is 1. The van der Waals surface area contributed by atoms with Crippen LogP contribution >= 0.6 is 0 Å². The number of esters is 1. The highest BCUT2D eigenvalue weighted by molar-refractivity contribution is 5.69. The van der Waals surface area contributed by atoms with E-state index < -0.39 is 6.10 Å². The average molecular weight is 224 g/mol. The van der Waals surface area contributed by atoms with Crippen molar-refractivity contribution >= 4 is 5.97 Å². The number of aromatic nitrogens is 2. The van der Waals surface area contributed by atoms with Gasteiger partial charge >= 0.3 is 5.97 Å². The Morgan fingerprint density at radius 2 is 2.38 bits per heavy atom. The molecule has 0 aromatic carbocycles. The molecule has 1 aromatic rings. The molecule has 5 nitrogen and oxygen atoms in total. The molecule has 1 rings (SSSR count). The van der Waals surface area contributed by atoms with E-state index in [9.17, 15) is 9.59 Å². The molecule has 0 saturated heterocycles. The third kappa shape index (κ3) is 3.84. The van der Waals surface area contributed by atoms with Gasteiger partial charge in [-0.1, -0.05) is 13.3 Å². The predicted octanol–water partition coefficient (Wildman–Crippen LogP) is 1.56. The third-order valence-corrected chi connectivity index (χ3v) is 2.12. The summed E-state index contributed by atoms with van der Waals surface area (Å²) in [5, 5.41) is 0. The summed E-state index contributed by atoms with van der Waals surface area (Å²) < 4.78 is 5.12. The summed E-state index contributed by atoms with van der Waals surface area (Å²) >= 11 is 0. The maximum absolute atomic E-state index is 11.3. The lowest BCUT2D eigenvalue weighted by Crippen LogP contribution is -2.15. The number of unbranched alkanes of at least 4 members (excludes halogenated alkanes) is 1. The molecule has 1 aromatic heterocycles. The standard InChI is InChI=1S/C11H16N2O3/c1-3-4-5-10(15)16-8(2)11-12-7-6-9(14)13-11/h6-8H,3-5H2,1-2H3,(H,12,13,14)/t8-/m1/s1. The van der Waals surface area contributed by atoms with E-state index in [0.29, 0.717) is 12.2 Å². The summed E-state index contributed by atoms with van der Waals surface area (Å²) in [5.74, 6) is 0.109. The summed E-state index contributed by atoms with van der Waals surface area (Å²) in [4.78, 5) is 28.8. The lowest BCUT2D eigenvalue weighted by atomic mass is 10.2. The van der Waals surface area contributed by atoms with Crippen LogP contribution in [0.5, 0.6) is 0 Å². The van der Waals surface area contributed by atoms with Crippen LogP contribution in [0.2, 0.25) is 0 Å². The Kier molecular flexibility index (Phi) is 4.69. The summed E-state index contributed by atoms with van der Waals surface area (Å²) in [6.45, 7) is 3.69. The Labute approximate surface area is 93.9 Å². The van der Waals surface area contributed by atoms with Gasteiger partial charge in [-0.2, -0.15) is 0 Å². The van der Waals surface area contributed by atoms with Crippen LogP contribution < -0.4 is 5.56 Å². The minimum Gasteiger partial charge on any atom is -0.454 e. The van der Waals surface area contributed by atoms with E-state index in [1.807, 2.05) is 6.92 Å². The van der Waals surface area contributed by atoms with Crippen molar-refractivity contribution in [2.24, 2.45) is 0 Å². The van der Waals surface area contributed by atoms with Crippen molar-refractivity contribution in [2.75, 3.05) is 0 Å². The van der Waals surface area contributed by atoms with E-state index >= 15 is 0 Å². The molecule has 0 aliphatic carbocycles. The van der Waals surface area contributed by atoms with Gasteiger partial charge in [0.15, 0.2) is 6.10 Å². The number of carbonyl (C=O) groups is 1. The van der Waals surface area contributed by atoms with E-state index in [2.05, 4.69) is 9.97 Å². The summed E-state index contributed by atoms with van der Waals surface area (Å²) in [6, 6.07) is 1.31. The highest BCUT2D eigenvalue weighted by atomic mass is 16.5. The average Bonchev–Trinajstić information content (AvgIpc) is 2.26. The zero-order valence-corrected chi connectivity index (χ0v) is 9.53. The van der Waals surface area contributed by atoms with E-state index in [1.54, 1.807) is 6.92 Å². The first-order chi connectivity index (χ1) is 7.63. The van der Waals surface area contributed by atoms with Crippen molar-refractivity contribution < 1.29 is 9.53 Å². The van der Waals surface area contributed by atoms with Crippen molar-refractivity contribution in [1.82, 2.24) is 9.97 Å². The number of nitrogens with zero attached hydrogens (tertiary/aromatic N) is 1. The third-order valence-electron chi connectivity index (χ3n) is 2.12. The SMILES string of the molecule is CCCCC(=O)O[C@H](C)c1nccc(=O)[nH]1. The van der Waals surface area contributed by atoms with Crippen LogP contribution in [0.3, 0.4) is 0 Å². The van der Waals surface area contributed by atoms with Gasteiger partial charge in [-0.15, -0.1) is 0 Å². The van der Waals surface area contributed by atoms with Crippen molar-refractivity contribution in [3.05, 3.63) is 28.4 Å². The van der Waals surface area contributed by atoms with Crippen LogP contribution in [0.1, 0.15) is 45.0 Å². The largest absolute Gasteiger partial charge is 0.454 e. The lowest BCUT2D eigenvalue weighted by Gasteiger charge is -2.11. The zero-order valence-electron chi connectivity index (χ0n) is 9.53. The molecule has 0 bridgehead atoms. The quantitative estimate of drug-likeness (QED) is 0.770. The molecule has 1 heterocycles. The summed E-state index contributed by atoms with van der Waals surface area (Å²) in [5.41, 5.74) is -0.249. The van der Waals surface area contributed by atoms with Crippen molar-refractivity contribution in [1.29, 1.82) is 0 Å².